The number of carbonyl (C=O) groups excluding carboxylic acids is 3. The van der Waals surface area contributed by atoms with Crippen LogP contribution >= 0.6 is 0 Å². The van der Waals surface area contributed by atoms with E-state index in [2.05, 4.69) is 5.32 Å². The van der Waals surface area contributed by atoms with Crippen molar-refractivity contribution in [2.45, 2.75) is 18.9 Å². The molecule has 0 saturated heterocycles. The van der Waals surface area contributed by atoms with Crippen LogP contribution in [0.4, 0.5) is 0 Å². The summed E-state index contributed by atoms with van der Waals surface area (Å²) in [5.41, 5.74) is 0. The van der Waals surface area contributed by atoms with E-state index in [4.69, 9.17) is 0 Å². The van der Waals surface area contributed by atoms with Gasteiger partial charge in [0.25, 0.3) is 0 Å². The molecule has 0 bridgehead atoms. The molecule has 0 rings (SSSR count). The minimum Gasteiger partial charge on any atom is -0.359 e. The summed E-state index contributed by atoms with van der Waals surface area (Å²) in [5.74, 6) is -0.133. The van der Waals surface area contributed by atoms with Crippen LogP contribution in [0.1, 0.15) is 12.8 Å². The molecule has 0 aromatic heterocycles. The molecule has 0 heterocycles. The molecule has 0 aliphatic carbocycles. The van der Waals surface area contributed by atoms with Gasteiger partial charge < -0.3 is 15.0 Å². The third-order valence-electron chi connectivity index (χ3n) is 1.79. The second-order valence-corrected chi connectivity index (χ2v) is 2.69. The van der Waals surface area contributed by atoms with Crippen molar-refractivity contribution in [1.82, 2.24) is 10.2 Å². The van der Waals surface area contributed by atoms with Gasteiger partial charge in [0.05, 0.1) is 6.04 Å². The predicted octanol–water partition coefficient (Wildman–Crippen LogP) is -0.832. The van der Waals surface area contributed by atoms with Crippen LogP contribution in [0.3, 0.4) is 0 Å². The summed E-state index contributed by atoms with van der Waals surface area (Å²) in [6, 6.07) is -0.505. The lowest BCUT2D eigenvalue weighted by atomic mass is 10.1. The number of nitrogens with zero attached hydrogens (tertiary/aromatic N) is 1. The third kappa shape index (κ3) is 4.25. The zero-order valence-corrected chi connectivity index (χ0v) is 7.82. The van der Waals surface area contributed by atoms with Crippen molar-refractivity contribution in [2.24, 2.45) is 0 Å². The van der Waals surface area contributed by atoms with Gasteiger partial charge in [0, 0.05) is 20.5 Å². The maximum absolute atomic E-state index is 10.8. The normalized spacial score (nSPS) is 11.5. The van der Waals surface area contributed by atoms with E-state index in [0.717, 1.165) is 0 Å². The Labute approximate surface area is 77.1 Å². The van der Waals surface area contributed by atoms with Gasteiger partial charge in [-0.05, 0) is 6.42 Å². The molecular weight excluding hydrogens is 172 g/mol. The minimum absolute atomic E-state index is 0.133. The van der Waals surface area contributed by atoms with Crippen molar-refractivity contribution in [2.75, 3.05) is 14.1 Å². The Morgan fingerprint density at radius 1 is 1.54 bits per heavy atom. The van der Waals surface area contributed by atoms with E-state index < -0.39 is 6.04 Å². The van der Waals surface area contributed by atoms with E-state index in [1.165, 1.54) is 19.0 Å². The number of carbonyl (C=O) groups is 3. The van der Waals surface area contributed by atoms with Crippen LogP contribution in [0.25, 0.3) is 0 Å². The van der Waals surface area contributed by atoms with Crippen LogP contribution in [0.5, 0.6) is 0 Å². The first kappa shape index (κ1) is 11.6. The summed E-state index contributed by atoms with van der Waals surface area (Å²) < 4.78 is 0. The Balaban J connectivity index is 3.91. The predicted molar refractivity (Wildman–Crippen MR) is 47.0 cm³/mol. The summed E-state index contributed by atoms with van der Waals surface area (Å²) in [4.78, 5) is 32.8. The standard InChI is InChI=1S/C8H14N2O3/c1-9-8(13)4-3-7(5-11)10(2)6-12/h5-7H,3-4H2,1-2H3,(H,9,13). The smallest absolute Gasteiger partial charge is 0.219 e. The highest BCUT2D eigenvalue weighted by Gasteiger charge is 2.12. The van der Waals surface area contributed by atoms with E-state index in [0.29, 0.717) is 19.1 Å². The van der Waals surface area contributed by atoms with Gasteiger partial charge in [-0.3, -0.25) is 9.59 Å². The summed E-state index contributed by atoms with van der Waals surface area (Å²) in [5, 5.41) is 2.44. The summed E-state index contributed by atoms with van der Waals surface area (Å²) in [6.07, 6.45) is 1.84. The Morgan fingerprint density at radius 3 is 2.54 bits per heavy atom. The van der Waals surface area contributed by atoms with Crippen LogP contribution in [-0.2, 0) is 14.4 Å². The molecule has 13 heavy (non-hydrogen) atoms. The molecule has 2 amide bonds. The van der Waals surface area contributed by atoms with E-state index >= 15 is 0 Å². The Hall–Kier alpha value is -1.39. The summed E-state index contributed by atoms with van der Waals surface area (Å²) >= 11 is 0. The van der Waals surface area contributed by atoms with Crippen LogP contribution in [0.15, 0.2) is 0 Å². The average Bonchev–Trinajstić information content (AvgIpc) is 2.17. The highest BCUT2D eigenvalue weighted by Crippen LogP contribution is 2.00. The second-order valence-electron chi connectivity index (χ2n) is 2.69. The molecule has 0 aliphatic heterocycles. The average molecular weight is 186 g/mol. The number of rotatable bonds is 6. The first-order valence-corrected chi connectivity index (χ1v) is 3.98. The van der Waals surface area contributed by atoms with Crippen LogP contribution in [0, 0.1) is 0 Å². The van der Waals surface area contributed by atoms with Crippen LogP contribution in [0.2, 0.25) is 0 Å². The zero-order valence-electron chi connectivity index (χ0n) is 7.82. The molecule has 0 saturated carbocycles. The van der Waals surface area contributed by atoms with Crippen molar-refractivity contribution in [3.8, 4) is 0 Å². The number of likely N-dealkylation sites (N-methyl/N-ethyl adjacent to an activating group) is 1. The molecule has 0 fully saturated rings. The lowest BCUT2D eigenvalue weighted by molar-refractivity contribution is -0.125. The number of hydrogen-bond acceptors (Lipinski definition) is 3. The van der Waals surface area contributed by atoms with Gasteiger partial charge in [0.2, 0.25) is 12.3 Å². The van der Waals surface area contributed by atoms with Gasteiger partial charge in [-0.25, -0.2) is 0 Å². The van der Waals surface area contributed by atoms with Gasteiger partial charge in [-0.15, -0.1) is 0 Å². The fourth-order valence-corrected chi connectivity index (χ4v) is 0.850. The number of nitrogens with one attached hydrogen (secondary N) is 1. The van der Waals surface area contributed by atoms with Crippen LogP contribution in [-0.4, -0.2) is 43.6 Å². The molecule has 1 atom stereocenters. The topological polar surface area (TPSA) is 66.5 Å². The van der Waals surface area contributed by atoms with Crippen LogP contribution < -0.4 is 5.32 Å². The lowest BCUT2D eigenvalue weighted by Crippen LogP contribution is -2.33. The highest BCUT2D eigenvalue weighted by molar-refractivity contribution is 5.76. The summed E-state index contributed by atoms with van der Waals surface area (Å²) in [7, 11) is 3.04. The molecule has 0 aromatic rings. The molecule has 1 unspecified atom stereocenters. The van der Waals surface area contributed by atoms with Crippen molar-refractivity contribution in [3.63, 3.8) is 0 Å². The lowest BCUT2D eigenvalue weighted by Gasteiger charge is -2.17. The third-order valence-corrected chi connectivity index (χ3v) is 1.79. The molecule has 74 valence electrons. The fraction of sp³-hybridized carbons (Fsp3) is 0.625. The number of aldehydes is 1. The van der Waals surface area contributed by atoms with E-state index in [-0.39, 0.29) is 12.3 Å². The van der Waals surface area contributed by atoms with Gasteiger partial charge >= 0.3 is 0 Å². The van der Waals surface area contributed by atoms with Crippen molar-refractivity contribution in [1.29, 1.82) is 0 Å². The van der Waals surface area contributed by atoms with Gasteiger partial charge in [-0.2, -0.15) is 0 Å². The van der Waals surface area contributed by atoms with Gasteiger partial charge in [0.15, 0.2) is 0 Å². The molecule has 0 radical (unpaired) electrons. The molecule has 5 nitrogen and oxygen atoms in total. The molecule has 0 aliphatic rings. The van der Waals surface area contributed by atoms with E-state index in [1.54, 1.807) is 0 Å². The monoisotopic (exact) mass is 186 g/mol. The molecule has 0 spiro atoms. The van der Waals surface area contributed by atoms with E-state index in [1.807, 2.05) is 0 Å². The SMILES string of the molecule is CNC(=O)CCC(C=O)N(C)C=O. The highest BCUT2D eigenvalue weighted by atomic mass is 16.2. The molecular formula is C8H14N2O3. The van der Waals surface area contributed by atoms with Crippen molar-refractivity contribution >= 4 is 18.6 Å². The Bertz CT molecular complexity index is 194. The molecule has 5 heteroatoms. The zero-order chi connectivity index (χ0) is 10.3. The van der Waals surface area contributed by atoms with Gasteiger partial charge in [-0.1, -0.05) is 0 Å². The summed E-state index contributed by atoms with van der Waals surface area (Å²) in [6.45, 7) is 0. The maximum Gasteiger partial charge on any atom is 0.219 e. The fourth-order valence-electron chi connectivity index (χ4n) is 0.850. The van der Waals surface area contributed by atoms with Crippen molar-refractivity contribution in [3.05, 3.63) is 0 Å². The molecule has 0 aromatic carbocycles. The molecule has 1 N–H and O–H groups in total. The maximum atomic E-state index is 10.8. The Kier molecular flexibility index (Phi) is 5.50. The first-order chi connectivity index (χ1) is 6.15. The Morgan fingerprint density at radius 2 is 2.15 bits per heavy atom. The second kappa shape index (κ2) is 6.16. The van der Waals surface area contributed by atoms with Gasteiger partial charge in [0.1, 0.15) is 6.29 Å². The van der Waals surface area contributed by atoms with Crippen molar-refractivity contribution < 1.29 is 14.4 Å². The minimum atomic E-state index is -0.505. The largest absolute Gasteiger partial charge is 0.359 e. The number of amides is 2. The number of hydrogen-bond donors (Lipinski definition) is 1. The van der Waals surface area contributed by atoms with E-state index in [9.17, 15) is 14.4 Å². The first-order valence-electron chi connectivity index (χ1n) is 3.98. The quantitative estimate of drug-likeness (QED) is 0.550.